The summed E-state index contributed by atoms with van der Waals surface area (Å²) in [5.41, 5.74) is 2.23. The van der Waals surface area contributed by atoms with E-state index in [1.807, 2.05) is 25.3 Å². The lowest BCUT2D eigenvalue weighted by Gasteiger charge is -2.04. The van der Waals surface area contributed by atoms with Gasteiger partial charge in [0.2, 0.25) is 0 Å². The first-order valence-electron chi connectivity index (χ1n) is 6.59. The molecule has 0 aliphatic heterocycles. The van der Waals surface area contributed by atoms with E-state index in [0.717, 1.165) is 5.56 Å². The summed E-state index contributed by atoms with van der Waals surface area (Å²) in [6.07, 6.45) is 3.41. The van der Waals surface area contributed by atoms with E-state index in [1.165, 1.54) is 6.07 Å². The van der Waals surface area contributed by atoms with Crippen LogP contribution in [0.4, 0.5) is 4.39 Å². The normalized spacial score (nSPS) is 10.9. The van der Waals surface area contributed by atoms with E-state index < -0.39 is 11.8 Å². The Kier molecular flexibility index (Phi) is 3.94. The number of hydrogen-bond acceptors (Lipinski definition) is 3. The van der Waals surface area contributed by atoms with Crippen molar-refractivity contribution in [2.24, 2.45) is 0 Å². The van der Waals surface area contributed by atoms with Crippen LogP contribution in [0, 0.1) is 12.7 Å². The quantitative estimate of drug-likeness (QED) is 0.663. The van der Waals surface area contributed by atoms with Crippen molar-refractivity contribution in [3.05, 3.63) is 69.8 Å². The van der Waals surface area contributed by atoms with Gasteiger partial charge in [0.25, 0.3) is 0 Å². The SMILES string of the molecule is Cc1ccn2cc(C(=O)OCc3ccc(Br)cc3F)nc2c1. The summed E-state index contributed by atoms with van der Waals surface area (Å²) in [4.78, 5) is 16.2. The Morgan fingerprint density at radius 1 is 1.36 bits per heavy atom. The minimum atomic E-state index is -0.580. The molecular weight excluding hydrogens is 351 g/mol. The number of pyridine rings is 1. The number of ether oxygens (including phenoxy) is 1. The number of carbonyl (C=O) groups excluding carboxylic acids is 1. The number of halogens is 2. The van der Waals surface area contributed by atoms with Gasteiger partial charge in [0.05, 0.1) is 0 Å². The first-order chi connectivity index (χ1) is 10.5. The van der Waals surface area contributed by atoms with Crippen molar-refractivity contribution in [2.75, 3.05) is 0 Å². The van der Waals surface area contributed by atoms with Gasteiger partial charge in [-0.2, -0.15) is 0 Å². The van der Waals surface area contributed by atoms with Crippen molar-refractivity contribution in [1.29, 1.82) is 0 Å². The van der Waals surface area contributed by atoms with Gasteiger partial charge in [0.1, 0.15) is 18.1 Å². The van der Waals surface area contributed by atoms with Crippen molar-refractivity contribution in [1.82, 2.24) is 9.38 Å². The maximum absolute atomic E-state index is 13.7. The van der Waals surface area contributed by atoms with Crippen LogP contribution in [0.1, 0.15) is 21.6 Å². The van der Waals surface area contributed by atoms with Crippen LogP contribution in [0.2, 0.25) is 0 Å². The molecule has 22 heavy (non-hydrogen) atoms. The predicted octanol–water partition coefficient (Wildman–Crippen LogP) is 3.90. The number of nitrogens with zero attached hydrogens (tertiary/aromatic N) is 2. The number of aromatic nitrogens is 2. The van der Waals surface area contributed by atoms with Gasteiger partial charge in [-0.3, -0.25) is 0 Å². The Hall–Kier alpha value is -2.21. The average Bonchev–Trinajstić information content (AvgIpc) is 2.89. The minimum absolute atomic E-state index is 0.134. The summed E-state index contributed by atoms with van der Waals surface area (Å²) < 4.78 is 21.2. The topological polar surface area (TPSA) is 43.6 Å². The van der Waals surface area contributed by atoms with E-state index in [2.05, 4.69) is 20.9 Å². The molecule has 112 valence electrons. The van der Waals surface area contributed by atoms with Crippen LogP contribution in [0.15, 0.2) is 47.2 Å². The summed E-state index contributed by atoms with van der Waals surface area (Å²) in [5.74, 6) is -1.00. The first kappa shape index (κ1) is 14.7. The summed E-state index contributed by atoms with van der Waals surface area (Å²) in [6.45, 7) is 1.81. The zero-order valence-electron chi connectivity index (χ0n) is 11.7. The van der Waals surface area contributed by atoms with Crippen LogP contribution in [-0.4, -0.2) is 15.4 Å². The third-order valence-electron chi connectivity index (χ3n) is 3.20. The number of benzene rings is 1. The third-order valence-corrected chi connectivity index (χ3v) is 3.69. The Morgan fingerprint density at radius 2 is 2.18 bits per heavy atom. The highest BCUT2D eigenvalue weighted by Gasteiger charge is 2.13. The molecule has 0 aliphatic carbocycles. The van der Waals surface area contributed by atoms with Crippen molar-refractivity contribution in [3.63, 3.8) is 0 Å². The van der Waals surface area contributed by atoms with E-state index >= 15 is 0 Å². The predicted molar refractivity (Wildman–Crippen MR) is 83.1 cm³/mol. The highest BCUT2D eigenvalue weighted by molar-refractivity contribution is 9.10. The van der Waals surface area contributed by atoms with Crippen LogP contribution in [0.5, 0.6) is 0 Å². The van der Waals surface area contributed by atoms with Crippen LogP contribution in [-0.2, 0) is 11.3 Å². The van der Waals surface area contributed by atoms with E-state index in [4.69, 9.17) is 4.74 Å². The summed E-state index contributed by atoms with van der Waals surface area (Å²) in [5, 5.41) is 0. The van der Waals surface area contributed by atoms with Crippen molar-refractivity contribution in [3.8, 4) is 0 Å². The molecule has 0 N–H and O–H groups in total. The highest BCUT2D eigenvalue weighted by atomic mass is 79.9. The summed E-state index contributed by atoms with van der Waals surface area (Å²) in [6, 6.07) is 8.38. The van der Waals surface area contributed by atoms with Crippen LogP contribution < -0.4 is 0 Å². The molecule has 2 aromatic heterocycles. The highest BCUT2D eigenvalue weighted by Crippen LogP contribution is 2.16. The molecule has 0 amide bonds. The fraction of sp³-hybridized carbons (Fsp3) is 0.125. The van der Waals surface area contributed by atoms with E-state index in [-0.39, 0.29) is 12.3 Å². The maximum Gasteiger partial charge on any atom is 0.358 e. The number of aryl methyl sites for hydroxylation is 1. The van der Waals surface area contributed by atoms with Gasteiger partial charge in [-0.25, -0.2) is 14.2 Å². The molecule has 0 spiro atoms. The van der Waals surface area contributed by atoms with Gasteiger partial charge in [-0.15, -0.1) is 0 Å². The Morgan fingerprint density at radius 3 is 2.95 bits per heavy atom. The van der Waals surface area contributed by atoms with Gasteiger partial charge >= 0.3 is 5.97 Å². The lowest BCUT2D eigenvalue weighted by molar-refractivity contribution is 0.0463. The summed E-state index contributed by atoms with van der Waals surface area (Å²) >= 11 is 3.18. The molecule has 0 saturated heterocycles. The largest absolute Gasteiger partial charge is 0.456 e. The zero-order chi connectivity index (χ0) is 15.7. The average molecular weight is 363 g/mol. The monoisotopic (exact) mass is 362 g/mol. The lowest BCUT2D eigenvalue weighted by Crippen LogP contribution is -2.06. The van der Waals surface area contributed by atoms with E-state index in [0.29, 0.717) is 15.7 Å². The lowest BCUT2D eigenvalue weighted by atomic mass is 10.2. The molecule has 0 atom stereocenters. The second kappa shape index (κ2) is 5.88. The Balaban J connectivity index is 1.75. The van der Waals surface area contributed by atoms with Crippen molar-refractivity contribution >= 4 is 27.5 Å². The molecule has 0 aliphatic rings. The first-order valence-corrected chi connectivity index (χ1v) is 7.38. The second-order valence-corrected chi connectivity index (χ2v) is 5.82. The van der Waals surface area contributed by atoms with E-state index in [1.54, 1.807) is 22.7 Å². The molecular formula is C16H12BrFN2O2. The number of esters is 1. The number of imidazole rings is 1. The molecule has 3 aromatic rings. The molecule has 0 bridgehead atoms. The molecule has 1 aromatic carbocycles. The number of rotatable bonds is 3. The summed E-state index contributed by atoms with van der Waals surface area (Å²) in [7, 11) is 0. The second-order valence-electron chi connectivity index (χ2n) is 4.91. The molecule has 2 heterocycles. The fourth-order valence-electron chi connectivity index (χ4n) is 2.04. The van der Waals surface area contributed by atoms with Crippen LogP contribution >= 0.6 is 15.9 Å². The fourth-order valence-corrected chi connectivity index (χ4v) is 2.37. The number of hydrogen-bond donors (Lipinski definition) is 0. The molecule has 0 saturated carbocycles. The molecule has 6 heteroatoms. The van der Waals surface area contributed by atoms with E-state index in [9.17, 15) is 9.18 Å². The number of fused-ring (bicyclic) bond motifs is 1. The molecule has 0 unspecified atom stereocenters. The van der Waals surface area contributed by atoms with Gasteiger partial charge in [-0.1, -0.05) is 22.0 Å². The molecule has 0 radical (unpaired) electrons. The minimum Gasteiger partial charge on any atom is -0.456 e. The molecule has 3 rings (SSSR count). The maximum atomic E-state index is 13.7. The van der Waals surface area contributed by atoms with Crippen molar-refractivity contribution in [2.45, 2.75) is 13.5 Å². The van der Waals surface area contributed by atoms with Crippen LogP contribution in [0.3, 0.4) is 0 Å². The van der Waals surface area contributed by atoms with Gasteiger partial charge in [0.15, 0.2) is 5.69 Å². The smallest absolute Gasteiger partial charge is 0.358 e. The standard InChI is InChI=1S/C16H12BrFN2O2/c1-10-4-5-20-8-14(19-15(20)6-10)16(21)22-9-11-2-3-12(17)7-13(11)18/h2-8H,9H2,1H3. The zero-order valence-corrected chi connectivity index (χ0v) is 13.3. The third kappa shape index (κ3) is 3.01. The molecule has 0 fully saturated rings. The van der Waals surface area contributed by atoms with Gasteiger partial charge in [-0.05, 0) is 36.8 Å². The Labute approximate surface area is 134 Å². The number of carbonyl (C=O) groups is 1. The van der Waals surface area contributed by atoms with Gasteiger partial charge < -0.3 is 9.14 Å². The van der Waals surface area contributed by atoms with Crippen LogP contribution in [0.25, 0.3) is 5.65 Å². The van der Waals surface area contributed by atoms with Crippen molar-refractivity contribution < 1.29 is 13.9 Å². The van der Waals surface area contributed by atoms with Gasteiger partial charge in [0, 0.05) is 22.4 Å². The Bertz CT molecular complexity index is 860. The molecule has 4 nitrogen and oxygen atoms in total.